The van der Waals surface area contributed by atoms with Crippen LogP contribution in [0.2, 0.25) is 0 Å². The molecule has 1 aromatic rings. The van der Waals surface area contributed by atoms with Gasteiger partial charge in [-0.1, -0.05) is 12.1 Å². The van der Waals surface area contributed by atoms with E-state index in [1.807, 2.05) is 0 Å². The molecule has 2 rings (SSSR count). The Morgan fingerprint density at radius 3 is 2.33 bits per heavy atom. The van der Waals surface area contributed by atoms with Gasteiger partial charge < -0.3 is 11.1 Å². The summed E-state index contributed by atoms with van der Waals surface area (Å²) < 4.78 is 37.4. The van der Waals surface area contributed by atoms with Gasteiger partial charge in [-0.15, -0.1) is 0 Å². The van der Waals surface area contributed by atoms with E-state index >= 15 is 0 Å². The van der Waals surface area contributed by atoms with Gasteiger partial charge in [-0.25, -0.2) is 0 Å². The van der Waals surface area contributed by atoms with Crippen LogP contribution in [0.4, 0.5) is 13.2 Å². The molecule has 1 aliphatic rings. The van der Waals surface area contributed by atoms with Gasteiger partial charge in [0.1, 0.15) is 0 Å². The molecule has 1 aromatic carbocycles. The van der Waals surface area contributed by atoms with E-state index in [4.69, 9.17) is 5.73 Å². The first-order chi connectivity index (χ1) is 9.70. The zero-order valence-corrected chi connectivity index (χ0v) is 11.8. The minimum atomic E-state index is -4.35. The number of benzene rings is 1. The second kappa shape index (κ2) is 5.67. The molecule has 1 saturated carbocycles. The summed E-state index contributed by atoms with van der Waals surface area (Å²) in [4.78, 5) is 11.9. The van der Waals surface area contributed by atoms with Crippen molar-refractivity contribution < 1.29 is 18.0 Å². The molecule has 0 saturated heterocycles. The Hall–Kier alpha value is -1.56. The highest BCUT2D eigenvalue weighted by molar-refractivity contribution is 5.77. The summed E-state index contributed by atoms with van der Waals surface area (Å²) in [5, 5.41) is 2.78. The normalized spacial score (nSPS) is 18.7. The lowest BCUT2D eigenvalue weighted by Crippen LogP contribution is -2.50. The molecule has 3 N–H and O–H groups in total. The van der Waals surface area contributed by atoms with E-state index in [0.29, 0.717) is 5.56 Å². The molecule has 0 aromatic heterocycles. The predicted octanol–water partition coefficient (Wildman–Crippen LogP) is 3.15. The molecule has 1 unspecified atom stereocenters. The van der Waals surface area contributed by atoms with Gasteiger partial charge in [0.2, 0.25) is 5.91 Å². The van der Waals surface area contributed by atoms with Gasteiger partial charge in [0.05, 0.1) is 11.6 Å². The maximum absolute atomic E-state index is 12.5. The molecule has 6 heteroatoms. The summed E-state index contributed by atoms with van der Waals surface area (Å²) in [6.45, 7) is 1.74. The van der Waals surface area contributed by atoms with Crippen molar-refractivity contribution in [2.45, 2.75) is 50.4 Å². The summed E-state index contributed by atoms with van der Waals surface area (Å²) in [6, 6.07) is 4.47. The second-order valence-electron chi connectivity index (χ2n) is 5.80. The number of hydrogen-bond donors (Lipinski definition) is 2. The van der Waals surface area contributed by atoms with Gasteiger partial charge in [-0.05, 0) is 43.9 Å². The standard InChI is InChI=1S/C15H19F3N2O/c1-10(20-13(21)9-14(19)7-2-8-14)11-3-5-12(6-4-11)15(16,17)18/h3-6,10H,2,7-9,19H2,1H3,(H,20,21). The molecular weight excluding hydrogens is 281 g/mol. The fourth-order valence-electron chi connectivity index (χ4n) is 2.46. The molecule has 0 radical (unpaired) electrons. The van der Waals surface area contributed by atoms with Crippen LogP contribution in [0.15, 0.2) is 24.3 Å². The van der Waals surface area contributed by atoms with Crippen molar-refractivity contribution in [3.8, 4) is 0 Å². The number of carbonyl (C=O) groups excluding carboxylic acids is 1. The van der Waals surface area contributed by atoms with Crippen LogP contribution < -0.4 is 11.1 Å². The summed E-state index contributed by atoms with van der Waals surface area (Å²) >= 11 is 0. The third-order valence-corrected chi connectivity index (χ3v) is 3.98. The average Bonchev–Trinajstić information content (AvgIpc) is 2.35. The molecule has 116 valence electrons. The van der Waals surface area contributed by atoms with Crippen LogP contribution in [0.25, 0.3) is 0 Å². The predicted molar refractivity (Wildman–Crippen MR) is 73.4 cm³/mol. The zero-order valence-electron chi connectivity index (χ0n) is 11.8. The fraction of sp³-hybridized carbons (Fsp3) is 0.533. The number of rotatable bonds is 4. The zero-order chi connectivity index (χ0) is 15.7. The average molecular weight is 300 g/mol. The minimum absolute atomic E-state index is 0.162. The van der Waals surface area contributed by atoms with Crippen molar-refractivity contribution in [3.63, 3.8) is 0 Å². The number of nitrogens with one attached hydrogen (secondary N) is 1. The third-order valence-electron chi connectivity index (χ3n) is 3.98. The number of hydrogen-bond acceptors (Lipinski definition) is 2. The number of carbonyl (C=O) groups is 1. The fourth-order valence-corrected chi connectivity index (χ4v) is 2.46. The van der Waals surface area contributed by atoms with Crippen LogP contribution in [-0.2, 0) is 11.0 Å². The Labute approximate surface area is 121 Å². The second-order valence-corrected chi connectivity index (χ2v) is 5.80. The van der Waals surface area contributed by atoms with Gasteiger partial charge in [-0.2, -0.15) is 13.2 Å². The van der Waals surface area contributed by atoms with E-state index in [0.717, 1.165) is 31.4 Å². The number of amides is 1. The highest BCUT2D eigenvalue weighted by atomic mass is 19.4. The van der Waals surface area contributed by atoms with Crippen molar-refractivity contribution >= 4 is 5.91 Å². The summed E-state index contributed by atoms with van der Waals surface area (Å²) in [6.07, 6.45) is -1.36. The van der Waals surface area contributed by atoms with Gasteiger partial charge in [0, 0.05) is 12.0 Å². The Bertz CT molecular complexity index is 507. The monoisotopic (exact) mass is 300 g/mol. The van der Waals surface area contributed by atoms with Crippen LogP contribution in [0.5, 0.6) is 0 Å². The van der Waals surface area contributed by atoms with Crippen molar-refractivity contribution in [2.75, 3.05) is 0 Å². The van der Waals surface area contributed by atoms with Crippen LogP contribution in [0.1, 0.15) is 49.8 Å². The lowest BCUT2D eigenvalue weighted by molar-refractivity contribution is -0.137. The van der Waals surface area contributed by atoms with E-state index in [-0.39, 0.29) is 18.4 Å². The molecular formula is C15H19F3N2O. The van der Waals surface area contributed by atoms with E-state index in [9.17, 15) is 18.0 Å². The van der Waals surface area contributed by atoms with E-state index in [1.54, 1.807) is 6.92 Å². The molecule has 0 bridgehead atoms. The van der Waals surface area contributed by atoms with Crippen LogP contribution >= 0.6 is 0 Å². The Kier molecular flexibility index (Phi) is 4.27. The first kappa shape index (κ1) is 15.8. The number of alkyl halides is 3. The maximum atomic E-state index is 12.5. The summed E-state index contributed by atoms with van der Waals surface area (Å²) in [7, 11) is 0. The highest BCUT2D eigenvalue weighted by Crippen LogP contribution is 2.32. The van der Waals surface area contributed by atoms with E-state index in [1.165, 1.54) is 12.1 Å². The third kappa shape index (κ3) is 3.97. The molecule has 1 aliphatic carbocycles. The Balaban J connectivity index is 1.93. The molecule has 21 heavy (non-hydrogen) atoms. The molecule has 0 aliphatic heterocycles. The summed E-state index contributed by atoms with van der Waals surface area (Å²) in [5.41, 5.74) is 5.54. The number of halogens is 3. The van der Waals surface area contributed by atoms with Gasteiger partial charge >= 0.3 is 6.18 Å². The molecule has 1 fully saturated rings. The minimum Gasteiger partial charge on any atom is -0.350 e. The SMILES string of the molecule is CC(NC(=O)CC1(N)CCC1)c1ccc(C(F)(F)F)cc1. The highest BCUT2D eigenvalue weighted by Gasteiger charge is 2.35. The van der Waals surface area contributed by atoms with Crippen LogP contribution in [0.3, 0.4) is 0 Å². The summed E-state index contributed by atoms with van der Waals surface area (Å²) in [5.74, 6) is -0.162. The first-order valence-corrected chi connectivity index (χ1v) is 6.95. The lowest BCUT2D eigenvalue weighted by Gasteiger charge is -2.37. The van der Waals surface area contributed by atoms with E-state index < -0.39 is 17.3 Å². The quantitative estimate of drug-likeness (QED) is 0.897. The Morgan fingerprint density at radius 2 is 1.90 bits per heavy atom. The Morgan fingerprint density at radius 1 is 1.33 bits per heavy atom. The van der Waals surface area contributed by atoms with Crippen LogP contribution in [0, 0.1) is 0 Å². The molecule has 1 amide bonds. The van der Waals surface area contributed by atoms with Crippen molar-refractivity contribution in [1.29, 1.82) is 0 Å². The largest absolute Gasteiger partial charge is 0.416 e. The topological polar surface area (TPSA) is 55.1 Å². The molecule has 1 atom stereocenters. The van der Waals surface area contributed by atoms with E-state index in [2.05, 4.69) is 5.32 Å². The first-order valence-electron chi connectivity index (χ1n) is 6.95. The maximum Gasteiger partial charge on any atom is 0.416 e. The molecule has 0 heterocycles. The number of nitrogens with two attached hydrogens (primary N) is 1. The van der Waals surface area contributed by atoms with Gasteiger partial charge in [0.25, 0.3) is 0 Å². The van der Waals surface area contributed by atoms with Crippen LogP contribution in [-0.4, -0.2) is 11.4 Å². The van der Waals surface area contributed by atoms with Crippen molar-refractivity contribution in [1.82, 2.24) is 5.32 Å². The molecule has 0 spiro atoms. The van der Waals surface area contributed by atoms with Gasteiger partial charge in [-0.3, -0.25) is 4.79 Å². The lowest BCUT2D eigenvalue weighted by atomic mass is 9.75. The van der Waals surface area contributed by atoms with Crippen molar-refractivity contribution in [3.05, 3.63) is 35.4 Å². The smallest absolute Gasteiger partial charge is 0.350 e. The van der Waals surface area contributed by atoms with Crippen molar-refractivity contribution in [2.24, 2.45) is 5.73 Å². The van der Waals surface area contributed by atoms with Gasteiger partial charge in [0.15, 0.2) is 0 Å². The molecule has 3 nitrogen and oxygen atoms in total.